The maximum Gasteiger partial charge on any atom is 0.0858 e. The number of hydrogen-bond acceptors (Lipinski definition) is 3. The quantitative estimate of drug-likeness (QED) is 0.881. The molecule has 0 amide bonds. The van der Waals surface area contributed by atoms with E-state index in [0.29, 0.717) is 0 Å². The van der Waals surface area contributed by atoms with Gasteiger partial charge < -0.3 is 5.32 Å². The smallest absolute Gasteiger partial charge is 0.0858 e. The van der Waals surface area contributed by atoms with Crippen molar-refractivity contribution < 1.29 is 0 Å². The lowest BCUT2D eigenvalue weighted by molar-refractivity contribution is 0.443. The summed E-state index contributed by atoms with van der Waals surface area (Å²) in [5, 5.41) is 11.6. The van der Waals surface area contributed by atoms with Gasteiger partial charge in [-0.1, -0.05) is 20.8 Å². The zero-order valence-corrected chi connectivity index (χ0v) is 10.5. The minimum atomic E-state index is 0.280. The van der Waals surface area contributed by atoms with Crippen molar-refractivity contribution in [2.24, 2.45) is 5.41 Å². The average Bonchev–Trinajstić information content (AvgIpc) is 2.79. The van der Waals surface area contributed by atoms with E-state index in [0.717, 1.165) is 17.9 Å². The van der Waals surface area contributed by atoms with Crippen molar-refractivity contribution in [3.8, 4) is 5.69 Å². The molecule has 0 aliphatic rings. The lowest BCUT2D eigenvalue weighted by Crippen LogP contribution is -2.18. The molecule has 0 aliphatic carbocycles. The van der Waals surface area contributed by atoms with Gasteiger partial charge in [-0.25, -0.2) is 0 Å². The van der Waals surface area contributed by atoms with Gasteiger partial charge in [-0.05, 0) is 29.7 Å². The van der Waals surface area contributed by atoms with Crippen LogP contribution in [0.4, 0.5) is 5.69 Å². The van der Waals surface area contributed by atoms with Gasteiger partial charge in [-0.15, -0.1) is 0 Å². The Hall–Kier alpha value is -1.84. The van der Waals surface area contributed by atoms with Crippen molar-refractivity contribution in [2.45, 2.75) is 20.8 Å². The maximum atomic E-state index is 4.09. The van der Waals surface area contributed by atoms with Crippen molar-refractivity contribution >= 4 is 5.69 Å². The summed E-state index contributed by atoms with van der Waals surface area (Å²) in [6.07, 6.45) is 3.34. The molecule has 2 rings (SSSR count). The van der Waals surface area contributed by atoms with E-state index in [-0.39, 0.29) is 5.41 Å². The van der Waals surface area contributed by atoms with E-state index in [4.69, 9.17) is 0 Å². The predicted octanol–water partition coefficient (Wildman–Crippen LogP) is 2.73. The summed E-state index contributed by atoms with van der Waals surface area (Å²) >= 11 is 0. The molecule has 0 fully saturated rings. The molecule has 0 spiro atoms. The average molecular weight is 230 g/mol. The highest BCUT2D eigenvalue weighted by molar-refractivity contribution is 5.48. The summed E-state index contributed by atoms with van der Waals surface area (Å²) in [4.78, 5) is 1.60. The molecule has 0 radical (unpaired) electrons. The lowest BCUT2D eigenvalue weighted by Gasteiger charge is -2.19. The third-order valence-corrected chi connectivity index (χ3v) is 2.34. The number of rotatable bonds is 3. The molecular formula is C13H18N4. The van der Waals surface area contributed by atoms with Gasteiger partial charge in [-0.2, -0.15) is 15.0 Å². The molecule has 1 heterocycles. The Morgan fingerprint density at radius 1 is 1.06 bits per heavy atom. The molecule has 0 saturated heterocycles. The van der Waals surface area contributed by atoms with E-state index in [9.17, 15) is 0 Å². The molecule has 0 atom stereocenters. The molecule has 4 heteroatoms. The summed E-state index contributed by atoms with van der Waals surface area (Å²) in [6, 6.07) is 8.10. The van der Waals surface area contributed by atoms with Gasteiger partial charge in [0, 0.05) is 12.2 Å². The van der Waals surface area contributed by atoms with Crippen LogP contribution in [0.2, 0.25) is 0 Å². The topological polar surface area (TPSA) is 42.7 Å². The molecule has 1 aromatic heterocycles. The number of nitrogens with zero attached hydrogens (tertiary/aromatic N) is 3. The van der Waals surface area contributed by atoms with Crippen molar-refractivity contribution in [1.82, 2.24) is 15.0 Å². The SMILES string of the molecule is CC(C)(C)CNc1ccc(-n2nccn2)cc1. The third-order valence-electron chi connectivity index (χ3n) is 2.34. The van der Waals surface area contributed by atoms with E-state index in [1.807, 2.05) is 24.3 Å². The van der Waals surface area contributed by atoms with Crippen LogP contribution in [0.3, 0.4) is 0 Å². The third kappa shape index (κ3) is 3.31. The van der Waals surface area contributed by atoms with Gasteiger partial charge in [0.05, 0.1) is 18.1 Å². The van der Waals surface area contributed by atoms with Crippen LogP contribution in [0.1, 0.15) is 20.8 Å². The van der Waals surface area contributed by atoms with Crippen LogP contribution in [-0.2, 0) is 0 Å². The first kappa shape index (κ1) is 11.6. The van der Waals surface area contributed by atoms with Gasteiger partial charge in [0.15, 0.2) is 0 Å². The second-order valence-electron chi connectivity index (χ2n) is 5.28. The molecule has 4 nitrogen and oxygen atoms in total. The van der Waals surface area contributed by atoms with E-state index in [1.54, 1.807) is 17.2 Å². The first-order valence-electron chi connectivity index (χ1n) is 5.75. The second kappa shape index (κ2) is 4.57. The normalized spacial score (nSPS) is 11.5. The van der Waals surface area contributed by atoms with E-state index in [2.05, 4.69) is 36.3 Å². The minimum Gasteiger partial charge on any atom is -0.385 e. The maximum absolute atomic E-state index is 4.09. The highest BCUT2D eigenvalue weighted by Gasteiger charge is 2.09. The zero-order chi connectivity index (χ0) is 12.3. The summed E-state index contributed by atoms with van der Waals surface area (Å²) in [5.41, 5.74) is 2.37. The number of hydrogen-bond donors (Lipinski definition) is 1. The van der Waals surface area contributed by atoms with Crippen LogP contribution >= 0.6 is 0 Å². The van der Waals surface area contributed by atoms with Crippen LogP contribution < -0.4 is 5.32 Å². The highest BCUT2D eigenvalue weighted by Crippen LogP contribution is 2.16. The number of benzene rings is 1. The van der Waals surface area contributed by atoms with Gasteiger partial charge in [0.25, 0.3) is 0 Å². The van der Waals surface area contributed by atoms with Gasteiger partial charge in [0.2, 0.25) is 0 Å². The lowest BCUT2D eigenvalue weighted by atomic mass is 9.97. The highest BCUT2D eigenvalue weighted by atomic mass is 15.5. The van der Waals surface area contributed by atoms with Crippen LogP contribution in [0, 0.1) is 5.41 Å². The Labute approximate surface area is 102 Å². The summed E-state index contributed by atoms with van der Waals surface area (Å²) in [7, 11) is 0. The fourth-order valence-electron chi connectivity index (χ4n) is 1.43. The molecule has 0 saturated carbocycles. The molecule has 1 N–H and O–H groups in total. The molecule has 17 heavy (non-hydrogen) atoms. The predicted molar refractivity (Wildman–Crippen MR) is 69.3 cm³/mol. The first-order valence-corrected chi connectivity index (χ1v) is 5.75. The van der Waals surface area contributed by atoms with Crippen molar-refractivity contribution in [3.63, 3.8) is 0 Å². The molecule has 1 aromatic carbocycles. The molecular weight excluding hydrogens is 212 g/mol. The monoisotopic (exact) mass is 230 g/mol. The van der Waals surface area contributed by atoms with Crippen molar-refractivity contribution in [1.29, 1.82) is 0 Å². The molecule has 90 valence electrons. The molecule has 0 bridgehead atoms. The Morgan fingerprint density at radius 3 is 2.18 bits per heavy atom. The van der Waals surface area contributed by atoms with Crippen LogP contribution in [0.15, 0.2) is 36.7 Å². The molecule has 0 aliphatic heterocycles. The Bertz CT molecular complexity index is 451. The van der Waals surface area contributed by atoms with Crippen LogP contribution in [0.5, 0.6) is 0 Å². The van der Waals surface area contributed by atoms with Gasteiger partial charge >= 0.3 is 0 Å². The molecule has 0 unspecified atom stereocenters. The summed E-state index contributed by atoms with van der Waals surface area (Å²) < 4.78 is 0. The number of nitrogens with one attached hydrogen (secondary N) is 1. The Kier molecular flexibility index (Phi) is 3.13. The van der Waals surface area contributed by atoms with E-state index in [1.165, 1.54) is 0 Å². The largest absolute Gasteiger partial charge is 0.385 e. The van der Waals surface area contributed by atoms with Crippen LogP contribution in [0.25, 0.3) is 5.69 Å². The standard InChI is InChI=1S/C13H18N4/c1-13(2,3)10-14-11-4-6-12(7-5-11)17-15-8-9-16-17/h4-9,14H,10H2,1-3H3. The van der Waals surface area contributed by atoms with Gasteiger partial charge in [0.1, 0.15) is 0 Å². The summed E-state index contributed by atoms with van der Waals surface area (Å²) in [6.45, 7) is 7.58. The Morgan fingerprint density at radius 2 is 1.65 bits per heavy atom. The van der Waals surface area contributed by atoms with Crippen LogP contribution in [-0.4, -0.2) is 21.5 Å². The fourth-order valence-corrected chi connectivity index (χ4v) is 1.43. The van der Waals surface area contributed by atoms with E-state index < -0.39 is 0 Å². The number of aromatic nitrogens is 3. The summed E-state index contributed by atoms with van der Waals surface area (Å²) in [5.74, 6) is 0. The zero-order valence-electron chi connectivity index (χ0n) is 10.5. The van der Waals surface area contributed by atoms with Gasteiger partial charge in [-0.3, -0.25) is 0 Å². The second-order valence-corrected chi connectivity index (χ2v) is 5.28. The van der Waals surface area contributed by atoms with Crippen molar-refractivity contribution in [2.75, 3.05) is 11.9 Å². The van der Waals surface area contributed by atoms with Crippen molar-refractivity contribution in [3.05, 3.63) is 36.7 Å². The number of anilines is 1. The minimum absolute atomic E-state index is 0.280. The Balaban J connectivity index is 2.04. The first-order chi connectivity index (χ1) is 8.04. The fraction of sp³-hybridized carbons (Fsp3) is 0.385. The van der Waals surface area contributed by atoms with E-state index >= 15 is 0 Å². The molecule has 2 aromatic rings.